The van der Waals surface area contributed by atoms with Crippen LogP contribution in [-0.2, 0) is 4.79 Å². The van der Waals surface area contributed by atoms with Gasteiger partial charge in [0.05, 0.1) is 11.6 Å². The van der Waals surface area contributed by atoms with Gasteiger partial charge in [0.1, 0.15) is 5.82 Å². The Kier molecular flexibility index (Phi) is 4.20. The summed E-state index contributed by atoms with van der Waals surface area (Å²) in [5, 5.41) is 4.41. The van der Waals surface area contributed by atoms with E-state index in [9.17, 15) is 9.18 Å². The predicted molar refractivity (Wildman–Crippen MR) is 95.6 cm³/mol. The third-order valence-electron chi connectivity index (χ3n) is 4.50. The number of hydrogen-bond acceptors (Lipinski definition) is 4. The molecule has 1 aromatic heterocycles. The SMILES string of the molecule is Cc1ccccc1-c1noc(C2CC(=O)N(c3cc(Cl)ccc3F)C2)n1. The zero-order valence-corrected chi connectivity index (χ0v) is 14.7. The Balaban J connectivity index is 1.60. The molecule has 1 aliphatic rings. The molecule has 0 N–H and O–H groups in total. The van der Waals surface area contributed by atoms with Crippen molar-refractivity contribution in [1.82, 2.24) is 10.1 Å². The lowest BCUT2D eigenvalue weighted by atomic mass is 10.1. The van der Waals surface area contributed by atoms with Crippen molar-refractivity contribution < 1.29 is 13.7 Å². The van der Waals surface area contributed by atoms with Gasteiger partial charge in [0, 0.05) is 23.6 Å². The van der Waals surface area contributed by atoms with E-state index in [0.717, 1.165) is 11.1 Å². The zero-order chi connectivity index (χ0) is 18.3. The first-order valence-corrected chi connectivity index (χ1v) is 8.56. The molecular weight excluding hydrogens is 357 g/mol. The zero-order valence-electron chi connectivity index (χ0n) is 13.9. The molecule has 0 spiro atoms. The second-order valence-corrected chi connectivity index (χ2v) is 6.71. The molecule has 5 nitrogen and oxygen atoms in total. The Morgan fingerprint density at radius 1 is 1.27 bits per heavy atom. The number of benzene rings is 2. The van der Waals surface area contributed by atoms with E-state index >= 15 is 0 Å². The second kappa shape index (κ2) is 6.53. The van der Waals surface area contributed by atoms with Crippen LogP contribution in [0, 0.1) is 12.7 Å². The van der Waals surface area contributed by atoms with Crippen LogP contribution in [0.3, 0.4) is 0 Å². The molecule has 2 aromatic carbocycles. The van der Waals surface area contributed by atoms with Gasteiger partial charge in [-0.05, 0) is 30.7 Å². The maximum Gasteiger partial charge on any atom is 0.232 e. The smallest absolute Gasteiger partial charge is 0.232 e. The number of carbonyl (C=O) groups is 1. The van der Waals surface area contributed by atoms with Crippen LogP contribution in [0.5, 0.6) is 0 Å². The van der Waals surface area contributed by atoms with Crippen LogP contribution in [0.4, 0.5) is 10.1 Å². The molecule has 1 amide bonds. The maximum atomic E-state index is 14.1. The molecule has 0 radical (unpaired) electrons. The van der Waals surface area contributed by atoms with Gasteiger partial charge >= 0.3 is 0 Å². The summed E-state index contributed by atoms with van der Waals surface area (Å²) in [6, 6.07) is 11.9. The van der Waals surface area contributed by atoms with Gasteiger partial charge in [-0.25, -0.2) is 4.39 Å². The highest BCUT2D eigenvalue weighted by Gasteiger charge is 2.36. The largest absolute Gasteiger partial charge is 0.339 e. The maximum absolute atomic E-state index is 14.1. The summed E-state index contributed by atoms with van der Waals surface area (Å²) in [6.07, 6.45) is 0.182. The third kappa shape index (κ3) is 2.97. The quantitative estimate of drug-likeness (QED) is 0.686. The molecule has 0 aliphatic carbocycles. The van der Waals surface area contributed by atoms with Gasteiger partial charge in [0.2, 0.25) is 17.6 Å². The lowest BCUT2D eigenvalue weighted by Crippen LogP contribution is -2.25. The molecule has 1 fully saturated rings. The number of anilines is 1. The number of rotatable bonds is 3. The summed E-state index contributed by atoms with van der Waals surface area (Å²) in [4.78, 5) is 18.2. The van der Waals surface area contributed by atoms with E-state index in [-0.39, 0.29) is 30.5 Å². The van der Waals surface area contributed by atoms with Crippen LogP contribution in [0.15, 0.2) is 47.0 Å². The molecule has 2 heterocycles. The highest BCUT2D eigenvalue weighted by atomic mass is 35.5. The molecule has 1 saturated heterocycles. The second-order valence-electron chi connectivity index (χ2n) is 6.27. The number of hydrogen-bond donors (Lipinski definition) is 0. The van der Waals surface area contributed by atoms with Crippen molar-refractivity contribution in [2.45, 2.75) is 19.3 Å². The molecule has 4 rings (SSSR count). The van der Waals surface area contributed by atoms with Crippen LogP contribution >= 0.6 is 11.6 Å². The van der Waals surface area contributed by atoms with E-state index in [4.69, 9.17) is 16.1 Å². The van der Waals surface area contributed by atoms with E-state index < -0.39 is 5.82 Å². The molecule has 132 valence electrons. The minimum atomic E-state index is -0.491. The first kappa shape index (κ1) is 16.7. The average molecular weight is 372 g/mol. The Morgan fingerprint density at radius 2 is 2.08 bits per heavy atom. The minimum absolute atomic E-state index is 0.170. The van der Waals surface area contributed by atoms with Crippen LogP contribution in [0.25, 0.3) is 11.4 Å². The number of aromatic nitrogens is 2. The Labute approximate surface area is 154 Å². The molecule has 0 saturated carbocycles. The van der Waals surface area contributed by atoms with Gasteiger partial charge < -0.3 is 9.42 Å². The van der Waals surface area contributed by atoms with Gasteiger partial charge in [-0.3, -0.25) is 4.79 Å². The van der Waals surface area contributed by atoms with Crippen molar-refractivity contribution in [2.75, 3.05) is 11.4 Å². The fraction of sp³-hybridized carbons (Fsp3) is 0.211. The number of aryl methyl sites for hydroxylation is 1. The molecule has 1 aliphatic heterocycles. The molecule has 1 atom stereocenters. The van der Waals surface area contributed by atoms with Crippen LogP contribution in [-0.4, -0.2) is 22.6 Å². The summed E-state index contributed by atoms with van der Waals surface area (Å²) >= 11 is 5.94. The predicted octanol–water partition coefficient (Wildman–Crippen LogP) is 4.36. The average Bonchev–Trinajstić information content (AvgIpc) is 3.24. The van der Waals surface area contributed by atoms with E-state index in [1.807, 2.05) is 31.2 Å². The van der Waals surface area contributed by atoms with Gasteiger partial charge in [-0.2, -0.15) is 4.98 Å². The van der Waals surface area contributed by atoms with Crippen LogP contribution < -0.4 is 4.90 Å². The standard InChI is InChI=1S/C19H15ClFN3O2/c1-11-4-2-3-5-14(11)18-22-19(26-23-18)12-8-17(25)24(10-12)16-9-13(20)6-7-15(16)21/h2-7,9,12H,8,10H2,1H3. The van der Waals surface area contributed by atoms with Gasteiger partial charge in [-0.1, -0.05) is 41.0 Å². The van der Waals surface area contributed by atoms with Crippen molar-refractivity contribution in [3.05, 3.63) is 64.8 Å². The lowest BCUT2D eigenvalue weighted by molar-refractivity contribution is -0.117. The first-order valence-electron chi connectivity index (χ1n) is 8.18. The molecule has 26 heavy (non-hydrogen) atoms. The van der Waals surface area contributed by atoms with Crippen molar-refractivity contribution in [1.29, 1.82) is 0 Å². The Morgan fingerprint density at radius 3 is 2.88 bits per heavy atom. The normalized spacial score (nSPS) is 17.1. The van der Waals surface area contributed by atoms with Crippen LogP contribution in [0.1, 0.15) is 23.8 Å². The number of amides is 1. The van der Waals surface area contributed by atoms with Crippen molar-refractivity contribution in [2.24, 2.45) is 0 Å². The van der Waals surface area contributed by atoms with Gasteiger partial charge in [0.15, 0.2) is 0 Å². The molecule has 7 heteroatoms. The van der Waals surface area contributed by atoms with Crippen molar-refractivity contribution in [3.8, 4) is 11.4 Å². The van der Waals surface area contributed by atoms with Crippen LogP contribution in [0.2, 0.25) is 5.02 Å². The third-order valence-corrected chi connectivity index (χ3v) is 4.74. The Bertz CT molecular complexity index is 988. The van der Waals surface area contributed by atoms with E-state index in [1.165, 1.54) is 23.1 Å². The summed E-state index contributed by atoms with van der Waals surface area (Å²) < 4.78 is 19.5. The van der Waals surface area contributed by atoms with Crippen molar-refractivity contribution in [3.63, 3.8) is 0 Å². The Hall–Kier alpha value is -2.73. The monoisotopic (exact) mass is 371 g/mol. The lowest BCUT2D eigenvalue weighted by Gasteiger charge is -2.17. The summed E-state index contributed by atoms with van der Waals surface area (Å²) in [5.41, 5.74) is 2.08. The fourth-order valence-corrected chi connectivity index (χ4v) is 3.30. The van der Waals surface area contributed by atoms with Gasteiger partial charge in [-0.15, -0.1) is 0 Å². The minimum Gasteiger partial charge on any atom is -0.339 e. The molecule has 1 unspecified atom stereocenters. The molecule has 3 aromatic rings. The number of halogens is 2. The highest BCUT2D eigenvalue weighted by Crippen LogP contribution is 2.34. The van der Waals surface area contributed by atoms with Crippen molar-refractivity contribution >= 4 is 23.2 Å². The first-order chi connectivity index (χ1) is 12.5. The number of nitrogens with zero attached hydrogens (tertiary/aromatic N) is 3. The van der Waals surface area contributed by atoms with E-state index in [1.54, 1.807) is 0 Å². The summed E-state index contributed by atoms with van der Waals surface area (Å²) in [5.74, 6) is -0.119. The topological polar surface area (TPSA) is 59.2 Å². The summed E-state index contributed by atoms with van der Waals surface area (Å²) in [7, 11) is 0. The highest BCUT2D eigenvalue weighted by molar-refractivity contribution is 6.31. The van der Waals surface area contributed by atoms with E-state index in [2.05, 4.69) is 10.1 Å². The van der Waals surface area contributed by atoms with E-state index in [0.29, 0.717) is 16.7 Å². The van der Waals surface area contributed by atoms with Gasteiger partial charge in [0.25, 0.3) is 0 Å². The number of carbonyl (C=O) groups excluding carboxylic acids is 1. The fourth-order valence-electron chi connectivity index (χ4n) is 3.13. The molecule has 0 bridgehead atoms. The summed E-state index contributed by atoms with van der Waals surface area (Å²) in [6.45, 7) is 2.24. The molecular formula is C19H15ClFN3O2.